The van der Waals surface area contributed by atoms with E-state index >= 15 is 0 Å². The number of amides is 1. The molecule has 0 bridgehead atoms. The summed E-state index contributed by atoms with van der Waals surface area (Å²) >= 11 is 0. The van der Waals surface area contributed by atoms with E-state index in [1.54, 1.807) is 18.2 Å². The second-order valence-electron chi connectivity index (χ2n) is 7.60. The van der Waals surface area contributed by atoms with Crippen LogP contribution in [0.15, 0.2) is 52.3 Å². The minimum atomic E-state index is -4.09. The van der Waals surface area contributed by atoms with Gasteiger partial charge in [-0.05, 0) is 49.1 Å². The normalized spacial score (nSPS) is 18.4. The predicted octanol–water partition coefficient (Wildman–Crippen LogP) is 1.84. The van der Waals surface area contributed by atoms with Crippen LogP contribution in [0, 0.1) is 5.82 Å². The van der Waals surface area contributed by atoms with E-state index in [4.69, 9.17) is 0 Å². The monoisotopic (exact) mass is 467 g/mol. The average Bonchev–Trinajstić information content (AvgIpc) is 2.74. The molecule has 1 fully saturated rings. The lowest BCUT2D eigenvalue weighted by Gasteiger charge is -2.31. The molecular formula is C20H22FN3O5S2. The first kappa shape index (κ1) is 21.9. The van der Waals surface area contributed by atoms with Gasteiger partial charge in [-0.1, -0.05) is 18.2 Å². The first-order valence-corrected chi connectivity index (χ1v) is 12.8. The maximum Gasteiger partial charge on any atom is 0.245 e. The molecular weight excluding hydrogens is 445 g/mol. The van der Waals surface area contributed by atoms with Gasteiger partial charge >= 0.3 is 0 Å². The topological polar surface area (TPSA) is 113 Å². The Morgan fingerprint density at radius 2 is 1.68 bits per heavy atom. The second-order valence-corrected chi connectivity index (χ2v) is 11.2. The lowest BCUT2D eigenvalue weighted by Crippen LogP contribution is -2.46. The zero-order valence-corrected chi connectivity index (χ0v) is 18.2. The molecule has 166 valence electrons. The second kappa shape index (κ2) is 8.30. The van der Waals surface area contributed by atoms with Crippen LogP contribution < -0.4 is 10.0 Å². The standard InChI is InChI=1S/C20H22FN3O5S2/c21-17-13-18-14(6-7-20(25)22-18)12-19(17)31(28,29)24-10-8-15(9-11-24)23-30(26,27)16-4-2-1-3-5-16/h1-5,12-13,15,23H,6-11H2,(H,22,25). The number of carbonyl (C=O) groups excluding carboxylic acids is 1. The minimum Gasteiger partial charge on any atom is -0.326 e. The van der Waals surface area contributed by atoms with Gasteiger partial charge in [0, 0.05) is 31.2 Å². The molecule has 4 rings (SSSR count). The third-order valence-corrected chi connectivity index (χ3v) is 8.95. The van der Waals surface area contributed by atoms with E-state index in [0.29, 0.717) is 17.7 Å². The minimum absolute atomic E-state index is 0.0670. The van der Waals surface area contributed by atoms with Crippen LogP contribution >= 0.6 is 0 Å². The number of fused-ring (bicyclic) bond motifs is 1. The Hall–Kier alpha value is -2.34. The van der Waals surface area contributed by atoms with Crippen LogP contribution in [0.4, 0.5) is 10.1 Å². The number of aryl methyl sites for hydroxylation is 1. The first-order valence-electron chi connectivity index (χ1n) is 9.86. The Balaban J connectivity index is 1.47. The van der Waals surface area contributed by atoms with E-state index in [9.17, 15) is 26.0 Å². The van der Waals surface area contributed by atoms with Crippen LogP contribution in [0.25, 0.3) is 0 Å². The third-order valence-electron chi connectivity index (χ3n) is 5.50. The number of nitrogens with one attached hydrogen (secondary N) is 2. The van der Waals surface area contributed by atoms with Gasteiger partial charge in [-0.15, -0.1) is 0 Å². The molecule has 0 aliphatic carbocycles. The van der Waals surface area contributed by atoms with Gasteiger partial charge in [0.15, 0.2) is 0 Å². The summed E-state index contributed by atoms with van der Waals surface area (Å²) < 4.78 is 69.4. The van der Waals surface area contributed by atoms with Gasteiger partial charge in [-0.3, -0.25) is 4.79 Å². The lowest BCUT2D eigenvalue weighted by atomic mass is 10.0. The van der Waals surface area contributed by atoms with Gasteiger partial charge in [-0.25, -0.2) is 25.9 Å². The number of hydrogen-bond acceptors (Lipinski definition) is 5. The molecule has 8 nitrogen and oxygen atoms in total. The van der Waals surface area contributed by atoms with Crippen LogP contribution in [0.2, 0.25) is 0 Å². The van der Waals surface area contributed by atoms with Crippen molar-refractivity contribution in [1.29, 1.82) is 0 Å². The number of piperidine rings is 1. The van der Waals surface area contributed by atoms with Gasteiger partial charge in [0.05, 0.1) is 4.90 Å². The van der Waals surface area contributed by atoms with Crippen molar-refractivity contribution in [3.63, 3.8) is 0 Å². The fraction of sp³-hybridized carbons (Fsp3) is 0.350. The summed E-state index contributed by atoms with van der Waals surface area (Å²) in [6.45, 7) is 0.134. The third kappa shape index (κ3) is 4.49. The van der Waals surface area contributed by atoms with Crippen LogP contribution in [0.3, 0.4) is 0 Å². The number of benzene rings is 2. The number of carbonyl (C=O) groups is 1. The van der Waals surface area contributed by atoms with Crippen molar-refractivity contribution in [2.75, 3.05) is 18.4 Å². The van der Waals surface area contributed by atoms with Crippen LogP contribution in [-0.2, 0) is 31.3 Å². The molecule has 2 aromatic carbocycles. The van der Waals surface area contributed by atoms with Crippen molar-refractivity contribution in [2.45, 2.75) is 41.5 Å². The number of rotatable bonds is 5. The van der Waals surface area contributed by atoms with Crippen molar-refractivity contribution < 1.29 is 26.0 Å². The summed E-state index contributed by atoms with van der Waals surface area (Å²) in [6.07, 6.45) is 1.10. The van der Waals surface area contributed by atoms with Crippen LogP contribution in [0.1, 0.15) is 24.8 Å². The SMILES string of the molecule is O=C1CCc2cc(S(=O)(=O)N3CCC(NS(=O)(=O)c4ccccc4)CC3)c(F)cc2N1. The van der Waals surface area contributed by atoms with Crippen LogP contribution in [0.5, 0.6) is 0 Å². The number of hydrogen-bond donors (Lipinski definition) is 2. The highest BCUT2D eigenvalue weighted by Gasteiger charge is 2.34. The highest BCUT2D eigenvalue weighted by molar-refractivity contribution is 7.89. The fourth-order valence-corrected chi connectivity index (χ4v) is 6.71. The lowest BCUT2D eigenvalue weighted by molar-refractivity contribution is -0.116. The van der Waals surface area contributed by atoms with E-state index in [-0.39, 0.29) is 43.2 Å². The Kier molecular flexibility index (Phi) is 5.86. The number of halogens is 1. The summed E-state index contributed by atoms with van der Waals surface area (Å²) in [7, 11) is -7.79. The van der Waals surface area contributed by atoms with E-state index in [1.807, 2.05) is 0 Å². The maximum absolute atomic E-state index is 14.6. The summed E-state index contributed by atoms with van der Waals surface area (Å²) in [5, 5.41) is 2.55. The zero-order chi connectivity index (χ0) is 22.2. The molecule has 1 amide bonds. The molecule has 0 saturated carbocycles. The summed E-state index contributed by atoms with van der Waals surface area (Å²) in [5.74, 6) is -1.16. The molecule has 31 heavy (non-hydrogen) atoms. The maximum atomic E-state index is 14.6. The molecule has 0 unspecified atom stereocenters. The number of nitrogens with zero attached hydrogens (tertiary/aromatic N) is 1. The van der Waals surface area contributed by atoms with Crippen molar-refractivity contribution in [2.24, 2.45) is 0 Å². The van der Waals surface area contributed by atoms with Gasteiger partial charge in [-0.2, -0.15) is 4.31 Å². The van der Waals surface area contributed by atoms with Gasteiger partial charge in [0.25, 0.3) is 0 Å². The molecule has 0 radical (unpaired) electrons. The van der Waals surface area contributed by atoms with Crippen molar-refractivity contribution in [1.82, 2.24) is 9.03 Å². The van der Waals surface area contributed by atoms with Gasteiger partial charge < -0.3 is 5.32 Å². The Labute approximate surface area is 180 Å². The predicted molar refractivity (Wildman–Crippen MR) is 112 cm³/mol. The molecule has 1 saturated heterocycles. The summed E-state index contributed by atoms with van der Waals surface area (Å²) in [4.78, 5) is 11.2. The largest absolute Gasteiger partial charge is 0.326 e. The van der Waals surface area contributed by atoms with E-state index < -0.39 is 36.8 Å². The molecule has 0 aromatic heterocycles. The molecule has 2 aliphatic heterocycles. The van der Waals surface area contributed by atoms with E-state index in [1.165, 1.54) is 22.5 Å². The van der Waals surface area contributed by atoms with Crippen molar-refractivity contribution in [3.05, 3.63) is 53.8 Å². The summed E-state index contributed by atoms with van der Waals surface area (Å²) in [6, 6.07) is 9.86. The molecule has 2 N–H and O–H groups in total. The fourth-order valence-electron chi connectivity index (χ4n) is 3.82. The molecule has 2 aliphatic rings. The Morgan fingerprint density at radius 1 is 1.00 bits per heavy atom. The average molecular weight is 468 g/mol. The molecule has 2 aromatic rings. The molecule has 11 heteroatoms. The number of sulfonamides is 2. The molecule has 0 atom stereocenters. The van der Waals surface area contributed by atoms with E-state index in [2.05, 4.69) is 10.0 Å². The molecule has 0 spiro atoms. The van der Waals surface area contributed by atoms with Crippen molar-refractivity contribution >= 4 is 31.6 Å². The zero-order valence-electron chi connectivity index (χ0n) is 16.5. The summed E-state index contributed by atoms with van der Waals surface area (Å²) in [5.41, 5.74) is 0.867. The van der Waals surface area contributed by atoms with Crippen LogP contribution in [-0.4, -0.2) is 46.2 Å². The first-order chi connectivity index (χ1) is 14.7. The quantitative estimate of drug-likeness (QED) is 0.697. The highest BCUT2D eigenvalue weighted by Crippen LogP contribution is 2.30. The number of anilines is 1. The molecule has 2 heterocycles. The van der Waals surface area contributed by atoms with E-state index in [0.717, 1.165) is 6.07 Å². The Bertz CT molecular complexity index is 1210. The van der Waals surface area contributed by atoms with Gasteiger partial charge in [0.1, 0.15) is 10.7 Å². The van der Waals surface area contributed by atoms with Crippen molar-refractivity contribution in [3.8, 4) is 0 Å². The van der Waals surface area contributed by atoms with Gasteiger partial charge in [0.2, 0.25) is 26.0 Å². The Morgan fingerprint density at radius 3 is 2.35 bits per heavy atom. The highest BCUT2D eigenvalue weighted by atomic mass is 32.2. The smallest absolute Gasteiger partial charge is 0.245 e.